The zero-order valence-corrected chi connectivity index (χ0v) is 17.8. The predicted octanol–water partition coefficient (Wildman–Crippen LogP) is 2.19. The molecule has 8 heteroatoms. The Hall–Kier alpha value is -2.77. The molecule has 2 N–H and O–H groups in total. The summed E-state index contributed by atoms with van der Waals surface area (Å²) in [5.74, 6) is 4.44. The largest absolute Gasteiger partial charge is 0.497 e. The monoisotopic (exact) mass is 400 g/mol. The van der Waals surface area contributed by atoms with Gasteiger partial charge in [-0.3, -0.25) is 0 Å². The maximum absolute atomic E-state index is 5.95. The van der Waals surface area contributed by atoms with E-state index in [1.807, 2.05) is 35.9 Å². The molecular weight excluding hydrogens is 368 g/mol. The number of methoxy groups -OCH3 is 1. The first kappa shape index (κ1) is 21.0. The van der Waals surface area contributed by atoms with E-state index in [4.69, 9.17) is 14.5 Å². The molecule has 0 saturated heterocycles. The topological polar surface area (TPSA) is 85.6 Å². The number of ether oxygens (including phenoxy) is 2. The van der Waals surface area contributed by atoms with Crippen LogP contribution in [-0.4, -0.2) is 53.1 Å². The Bertz CT molecular complexity index is 802. The lowest BCUT2D eigenvalue weighted by Crippen LogP contribution is -2.47. The van der Waals surface area contributed by atoms with Crippen molar-refractivity contribution in [1.29, 1.82) is 0 Å². The van der Waals surface area contributed by atoms with Crippen LogP contribution in [0.2, 0.25) is 0 Å². The molecule has 29 heavy (non-hydrogen) atoms. The molecule has 1 aliphatic heterocycles. The van der Waals surface area contributed by atoms with Crippen LogP contribution in [0, 0.1) is 0 Å². The first-order valence-corrected chi connectivity index (χ1v) is 10.4. The van der Waals surface area contributed by atoms with Crippen LogP contribution in [0.3, 0.4) is 0 Å². The van der Waals surface area contributed by atoms with E-state index in [0.717, 1.165) is 61.5 Å². The molecule has 0 aliphatic carbocycles. The summed E-state index contributed by atoms with van der Waals surface area (Å²) in [7, 11) is 1.65. The lowest BCUT2D eigenvalue weighted by molar-refractivity contribution is 0.230. The Morgan fingerprint density at radius 1 is 1.28 bits per heavy atom. The average molecular weight is 401 g/mol. The van der Waals surface area contributed by atoms with Gasteiger partial charge in [0.25, 0.3) is 0 Å². The molecule has 2 aromatic rings. The molecule has 0 amide bonds. The van der Waals surface area contributed by atoms with Crippen molar-refractivity contribution >= 4 is 5.96 Å². The van der Waals surface area contributed by atoms with Gasteiger partial charge in [0.05, 0.1) is 20.2 Å². The van der Waals surface area contributed by atoms with Crippen LogP contribution in [0.15, 0.2) is 29.3 Å². The van der Waals surface area contributed by atoms with Crippen molar-refractivity contribution in [2.45, 2.75) is 58.7 Å². The molecule has 0 saturated carbocycles. The number of hydrogen-bond acceptors (Lipinski definition) is 5. The van der Waals surface area contributed by atoms with Crippen molar-refractivity contribution in [3.05, 3.63) is 35.9 Å². The summed E-state index contributed by atoms with van der Waals surface area (Å²) >= 11 is 0. The maximum Gasteiger partial charge on any atom is 0.191 e. The molecule has 8 nitrogen and oxygen atoms in total. The third-order valence-corrected chi connectivity index (χ3v) is 4.81. The molecule has 2 unspecified atom stereocenters. The van der Waals surface area contributed by atoms with Gasteiger partial charge in [0, 0.05) is 25.4 Å². The fourth-order valence-corrected chi connectivity index (χ4v) is 3.29. The number of hydrogen-bond donors (Lipinski definition) is 2. The van der Waals surface area contributed by atoms with Gasteiger partial charge in [-0.1, -0.05) is 6.92 Å². The van der Waals surface area contributed by atoms with Crippen LogP contribution in [-0.2, 0) is 19.4 Å². The smallest absolute Gasteiger partial charge is 0.191 e. The number of rotatable bonds is 8. The number of benzene rings is 1. The van der Waals surface area contributed by atoms with E-state index in [2.05, 4.69) is 34.6 Å². The molecule has 2 atom stereocenters. The number of nitrogens with one attached hydrogen (secondary N) is 2. The Morgan fingerprint density at radius 2 is 2.03 bits per heavy atom. The fourth-order valence-electron chi connectivity index (χ4n) is 3.29. The minimum Gasteiger partial charge on any atom is -0.497 e. The zero-order chi connectivity index (χ0) is 20.6. The SMILES string of the molecule is CCNC(=NCC(C)Oc1ccc(OC)cc1)NC1CCc2nc(CC)nn2C1. The Labute approximate surface area is 172 Å². The second kappa shape index (κ2) is 10.1. The molecule has 0 bridgehead atoms. The minimum absolute atomic E-state index is 0.0424. The quantitative estimate of drug-likeness (QED) is 0.522. The summed E-state index contributed by atoms with van der Waals surface area (Å²) in [5, 5.41) is 11.4. The summed E-state index contributed by atoms with van der Waals surface area (Å²) in [6, 6.07) is 7.88. The summed E-state index contributed by atoms with van der Waals surface area (Å²) in [5.41, 5.74) is 0. The molecular formula is C21H32N6O2. The van der Waals surface area contributed by atoms with Crippen molar-refractivity contribution < 1.29 is 9.47 Å². The van der Waals surface area contributed by atoms with Crippen LogP contribution in [0.4, 0.5) is 0 Å². The molecule has 3 rings (SSSR count). The Morgan fingerprint density at radius 3 is 2.72 bits per heavy atom. The maximum atomic E-state index is 5.95. The van der Waals surface area contributed by atoms with Crippen LogP contribution < -0.4 is 20.1 Å². The first-order valence-electron chi connectivity index (χ1n) is 10.4. The molecule has 1 aromatic heterocycles. The van der Waals surface area contributed by atoms with E-state index in [-0.39, 0.29) is 12.1 Å². The first-order chi connectivity index (χ1) is 14.1. The number of aliphatic imine (C=N–C) groups is 1. The van der Waals surface area contributed by atoms with Crippen LogP contribution in [0.1, 0.15) is 38.8 Å². The van der Waals surface area contributed by atoms with E-state index in [1.165, 1.54) is 0 Å². The van der Waals surface area contributed by atoms with Crippen molar-refractivity contribution in [1.82, 2.24) is 25.4 Å². The number of nitrogens with zero attached hydrogens (tertiary/aromatic N) is 4. The van der Waals surface area contributed by atoms with E-state index < -0.39 is 0 Å². The van der Waals surface area contributed by atoms with Crippen molar-refractivity contribution in [3.63, 3.8) is 0 Å². The summed E-state index contributed by atoms with van der Waals surface area (Å²) in [6.07, 6.45) is 2.78. The number of aryl methyl sites for hydroxylation is 2. The molecule has 1 aromatic carbocycles. The second-order valence-electron chi connectivity index (χ2n) is 7.18. The average Bonchev–Trinajstić information content (AvgIpc) is 3.15. The molecule has 158 valence electrons. The summed E-state index contributed by atoms with van der Waals surface area (Å²) < 4.78 is 13.2. The third kappa shape index (κ3) is 5.85. The van der Waals surface area contributed by atoms with Crippen molar-refractivity contribution in [2.75, 3.05) is 20.2 Å². The van der Waals surface area contributed by atoms with Crippen LogP contribution in [0.5, 0.6) is 11.5 Å². The third-order valence-electron chi connectivity index (χ3n) is 4.81. The van der Waals surface area contributed by atoms with Crippen molar-refractivity contribution in [3.8, 4) is 11.5 Å². The summed E-state index contributed by atoms with van der Waals surface area (Å²) in [4.78, 5) is 9.30. The minimum atomic E-state index is -0.0424. The molecule has 0 fully saturated rings. The van der Waals surface area contributed by atoms with Gasteiger partial charge < -0.3 is 20.1 Å². The standard InChI is InChI=1S/C21H32N6O2/c1-5-19-25-20-12-7-16(14-27(20)26-19)24-21(22-6-2)23-13-15(3)29-18-10-8-17(28-4)9-11-18/h8-11,15-16H,5-7,12-14H2,1-4H3,(H2,22,23,24). The summed E-state index contributed by atoms with van der Waals surface area (Å²) in [6.45, 7) is 8.35. The second-order valence-corrected chi connectivity index (χ2v) is 7.18. The van der Waals surface area contributed by atoms with Gasteiger partial charge in [0.2, 0.25) is 0 Å². The highest BCUT2D eigenvalue weighted by Gasteiger charge is 2.22. The number of fused-ring (bicyclic) bond motifs is 1. The van der Waals surface area contributed by atoms with Gasteiger partial charge in [0.1, 0.15) is 23.4 Å². The predicted molar refractivity (Wildman–Crippen MR) is 114 cm³/mol. The van der Waals surface area contributed by atoms with Gasteiger partial charge in [-0.25, -0.2) is 14.7 Å². The van der Waals surface area contributed by atoms with Gasteiger partial charge in [0.15, 0.2) is 11.8 Å². The van der Waals surface area contributed by atoms with E-state index in [9.17, 15) is 0 Å². The molecule has 2 heterocycles. The zero-order valence-electron chi connectivity index (χ0n) is 17.8. The molecule has 0 radical (unpaired) electrons. The molecule has 1 aliphatic rings. The highest BCUT2D eigenvalue weighted by molar-refractivity contribution is 5.80. The Kier molecular flexibility index (Phi) is 7.32. The lowest BCUT2D eigenvalue weighted by atomic mass is 10.1. The number of guanidine groups is 1. The highest BCUT2D eigenvalue weighted by atomic mass is 16.5. The van der Waals surface area contributed by atoms with Gasteiger partial charge in [-0.05, 0) is 44.5 Å². The Balaban J connectivity index is 1.54. The highest BCUT2D eigenvalue weighted by Crippen LogP contribution is 2.18. The fraction of sp³-hybridized carbons (Fsp3) is 0.571. The number of aromatic nitrogens is 3. The molecule has 0 spiro atoms. The lowest BCUT2D eigenvalue weighted by Gasteiger charge is -2.25. The van der Waals surface area contributed by atoms with E-state index in [0.29, 0.717) is 6.54 Å². The van der Waals surface area contributed by atoms with Crippen LogP contribution >= 0.6 is 0 Å². The van der Waals surface area contributed by atoms with E-state index in [1.54, 1.807) is 7.11 Å². The van der Waals surface area contributed by atoms with Crippen molar-refractivity contribution in [2.24, 2.45) is 4.99 Å². The van der Waals surface area contributed by atoms with Gasteiger partial charge in [-0.2, -0.15) is 5.10 Å². The normalized spacial score (nSPS) is 17.4. The van der Waals surface area contributed by atoms with Gasteiger partial charge >= 0.3 is 0 Å². The van der Waals surface area contributed by atoms with Gasteiger partial charge in [-0.15, -0.1) is 0 Å². The van der Waals surface area contributed by atoms with Crippen LogP contribution in [0.25, 0.3) is 0 Å². The van der Waals surface area contributed by atoms with E-state index >= 15 is 0 Å².